The van der Waals surface area contributed by atoms with E-state index in [1.807, 2.05) is 18.2 Å². The summed E-state index contributed by atoms with van der Waals surface area (Å²) in [5.74, 6) is -0.156. The monoisotopic (exact) mass is 388 g/mol. The molecular formula is C28H20O2. The maximum absolute atomic E-state index is 13.1. The summed E-state index contributed by atoms with van der Waals surface area (Å²) in [5, 5.41) is 0. The SMILES string of the molecule is O=C(OCC1c2ccccc2-c2ccccc21)c1cccc2c1Cc1ccccc1-2. The molecule has 2 aliphatic carbocycles. The third kappa shape index (κ3) is 2.54. The fraction of sp³-hybridized carbons (Fsp3) is 0.107. The van der Waals surface area contributed by atoms with Gasteiger partial charge in [-0.15, -0.1) is 0 Å². The van der Waals surface area contributed by atoms with E-state index < -0.39 is 0 Å². The number of ether oxygens (including phenoxy) is 1. The van der Waals surface area contributed by atoms with Crippen molar-refractivity contribution in [2.75, 3.05) is 6.61 Å². The van der Waals surface area contributed by atoms with E-state index in [9.17, 15) is 4.79 Å². The van der Waals surface area contributed by atoms with E-state index in [4.69, 9.17) is 4.74 Å². The van der Waals surface area contributed by atoms with Crippen molar-refractivity contribution in [2.24, 2.45) is 0 Å². The van der Waals surface area contributed by atoms with Gasteiger partial charge in [0.05, 0.1) is 5.56 Å². The molecule has 2 aliphatic rings. The Labute approximate surface area is 175 Å². The van der Waals surface area contributed by atoms with Crippen molar-refractivity contribution in [3.8, 4) is 22.3 Å². The largest absolute Gasteiger partial charge is 0.461 e. The van der Waals surface area contributed by atoms with Crippen LogP contribution in [0.15, 0.2) is 91.0 Å². The second-order valence-corrected chi connectivity index (χ2v) is 7.99. The van der Waals surface area contributed by atoms with Gasteiger partial charge in [0.25, 0.3) is 0 Å². The van der Waals surface area contributed by atoms with Gasteiger partial charge in [-0.2, -0.15) is 0 Å². The molecule has 0 saturated carbocycles. The van der Waals surface area contributed by atoms with Gasteiger partial charge < -0.3 is 4.74 Å². The lowest BCUT2D eigenvalue weighted by Gasteiger charge is -2.15. The summed E-state index contributed by atoms with van der Waals surface area (Å²) in [6.45, 7) is 0.351. The Kier molecular flexibility index (Phi) is 3.85. The first-order valence-corrected chi connectivity index (χ1v) is 10.4. The summed E-state index contributed by atoms with van der Waals surface area (Å²) < 4.78 is 5.91. The molecule has 0 unspecified atom stereocenters. The minimum absolute atomic E-state index is 0.0790. The number of fused-ring (bicyclic) bond motifs is 6. The molecule has 0 fully saturated rings. The van der Waals surface area contributed by atoms with Crippen molar-refractivity contribution in [1.29, 1.82) is 0 Å². The molecule has 0 amide bonds. The third-order valence-corrected chi connectivity index (χ3v) is 6.41. The molecule has 0 atom stereocenters. The van der Waals surface area contributed by atoms with Crippen LogP contribution in [0.25, 0.3) is 22.3 Å². The normalized spacial score (nSPS) is 13.3. The van der Waals surface area contributed by atoms with Gasteiger partial charge in [0.1, 0.15) is 6.61 Å². The van der Waals surface area contributed by atoms with Crippen molar-refractivity contribution >= 4 is 5.97 Å². The van der Waals surface area contributed by atoms with Crippen LogP contribution in [-0.4, -0.2) is 12.6 Å². The van der Waals surface area contributed by atoms with Crippen LogP contribution in [0.3, 0.4) is 0 Å². The molecule has 0 N–H and O–H groups in total. The molecule has 0 radical (unpaired) electrons. The molecule has 6 rings (SSSR count). The van der Waals surface area contributed by atoms with Crippen molar-refractivity contribution in [1.82, 2.24) is 0 Å². The van der Waals surface area contributed by atoms with E-state index >= 15 is 0 Å². The lowest BCUT2D eigenvalue weighted by Crippen LogP contribution is -2.14. The number of esters is 1. The van der Waals surface area contributed by atoms with Crippen LogP contribution in [0.1, 0.15) is 38.5 Å². The summed E-state index contributed by atoms with van der Waals surface area (Å²) >= 11 is 0. The van der Waals surface area contributed by atoms with Crippen molar-refractivity contribution in [2.45, 2.75) is 12.3 Å². The molecule has 4 aromatic rings. The number of hydrogen-bond acceptors (Lipinski definition) is 2. The van der Waals surface area contributed by atoms with Crippen LogP contribution in [0.4, 0.5) is 0 Å². The van der Waals surface area contributed by atoms with Gasteiger partial charge in [0, 0.05) is 5.92 Å². The van der Waals surface area contributed by atoms with E-state index in [2.05, 4.69) is 72.8 Å². The van der Waals surface area contributed by atoms with Crippen LogP contribution >= 0.6 is 0 Å². The van der Waals surface area contributed by atoms with Crippen molar-refractivity contribution < 1.29 is 9.53 Å². The number of benzene rings is 4. The highest BCUT2D eigenvalue weighted by molar-refractivity contribution is 5.95. The van der Waals surface area contributed by atoms with Crippen LogP contribution < -0.4 is 0 Å². The van der Waals surface area contributed by atoms with Crippen LogP contribution in [0, 0.1) is 0 Å². The minimum atomic E-state index is -0.235. The van der Waals surface area contributed by atoms with Gasteiger partial charge in [-0.3, -0.25) is 0 Å². The van der Waals surface area contributed by atoms with Crippen LogP contribution in [0.5, 0.6) is 0 Å². The number of rotatable bonds is 3. The topological polar surface area (TPSA) is 26.3 Å². The highest BCUT2D eigenvalue weighted by Gasteiger charge is 2.30. The standard InChI is InChI=1S/C28H20O2/c29-28(25-15-7-14-20-19-9-2-1-8-18(19)16-26(20)25)30-17-27-23-12-5-3-10-21(23)22-11-4-6-13-24(22)27/h1-15,27H,16-17H2. The van der Waals surface area contributed by atoms with Crippen LogP contribution in [0.2, 0.25) is 0 Å². The zero-order valence-electron chi connectivity index (χ0n) is 16.5. The third-order valence-electron chi connectivity index (χ3n) is 6.41. The Bertz CT molecular complexity index is 1260. The number of carbonyl (C=O) groups is 1. The first-order chi connectivity index (χ1) is 14.8. The van der Waals surface area contributed by atoms with E-state index in [0.29, 0.717) is 12.2 Å². The van der Waals surface area contributed by atoms with E-state index in [-0.39, 0.29) is 11.9 Å². The Balaban J connectivity index is 1.30. The maximum atomic E-state index is 13.1. The number of hydrogen-bond donors (Lipinski definition) is 0. The average Bonchev–Trinajstić information content (AvgIpc) is 3.33. The lowest BCUT2D eigenvalue weighted by molar-refractivity contribution is 0.0492. The second kappa shape index (κ2) is 6.70. The van der Waals surface area contributed by atoms with Crippen molar-refractivity contribution in [3.05, 3.63) is 119 Å². The molecule has 0 spiro atoms. The van der Waals surface area contributed by atoms with Gasteiger partial charge in [-0.25, -0.2) is 4.79 Å². The Morgan fingerprint density at radius 1 is 0.700 bits per heavy atom. The molecule has 144 valence electrons. The molecule has 30 heavy (non-hydrogen) atoms. The average molecular weight is 388 g/mol. The van der Waals surface area contributed by atoms with E-state index in [0.717, 1.165) is 17.5 Å². The zero-order chi connectivity index (χ0) is 20.1. The molecule has 2 heteroatoms. The molecule has 0 aliphatic heterocycles. The molecular weight excluding hydrogens is 368 g/mol. The van der Waals surface area contributed by atoms with Crippen molar-refractivity contribution in [3.63, 3.8) is 0 Å². The maximum Gasteiger partial charge on any atom is 0.338 e. The van der Waals surface area contributed by atoms with Gasteiger partial charge in [-0.1, -0.05) is 84.9 Å². The first-order valence-electron chi connectivity index (χ1n) is 10.4. The van der Waals surface area contributed by atoms with Gasteiger partial charge in [-0.05, 0) is 57.0 Å². The quantitative estimate of drug-likeness (QED) is 0.343. The fourth-order valence-electron chi connectivity index (χ4n) is 5.02. The molecule has 0 saturated heterocycles. The zero-order valence-corrected chi connectivity index (χ0v) is 16.5. The molecule has 0 aromatic heterocycles. The van der Waals surface area contributed by atoms with Gasteiger partial charge >= 0.3 is 5.97 Å². The molecule has 0 heterocycles. The van der Waals surface area contributed by atoms with Gasteiger partial charge in [0.2, 0.25) is 0 Å². The predicted octanol–water partition coefficient (Wildman–Crippen LogP) is 6.23. The summed E-state index contributed by atoms with van der Waals surface area (Å²) in [6, 6.07) is 31.1. The predicted molar refractivity (Wildman–Crippen MR) is 119 cm³/mol. The summed E-state index contributed by atoms with van der Waals surface area (Å²) in [7, 11) is 0. The highest BCUT2D eigenvalue weighted by Crippen LogP contribution is 2.45. The molecule has 0 bridgehead atoms. The van der Waals surface area contributed by atoms with E-state index in [1.54, 1.807) is 0 Å². The fourth-order valence-corrected chi connectivity index (χ4v) is 5.02. The lowest BCUT2D eigenvalue weighted by atomic mass is 9.98. The number of carbonyl (C=O) groups excluding carboxylic acids is 1. The smallest absolute Gasteiger partial charge is 0.338 e. The van der Waals surface area contributed by atoms with Gasteiger partial charge in [0.15, 0.2) is 0 Å². The highest BCUT2D eigenvalue weighted by atomic mass is 16.5. The van der Waals surface area contributed by atoms with Crippen LogP contribution in [-0.2, 0) is 11.2 Å². The summed E-state index contributed by atoms with van der Waals surface area (Å²) in [5.41, 5.74) is 10.4. The Morgan fingerprint density at radius 2 is 1.30 bits per heavy atom. The second-order valence-electron chi connectivity index (χ2n) is 7.99. The Hall–Kier alpha value is -3.65. The summed E-state index contributed by atoms with van der Waals surface area (Å²) in [6.07, 6.45) is 0.784. The Morgan fingerprint density at radius 3 is 2.03 bits per heavy atom. The minimum Gasteiger partial charge on any atom is -0.461 e. The first kappa shape index (κ1) is 17.2. The van der Waals surface area contributed by atoms with E-state index in [1.165, 1.54) is 33.4 Å². The summed E-state index contributed by atoms with van der Waals surface area (Å²) in [4.78, 5) is 13.1. The molecule has 2 nitrogen and oxygen atoms in total. The molecule has 4 aromatic carbocycles.